The standard InChI is InChI=1S/C15H21NO4S/c1-15(2,3)20-14(18)16-9-5-6-10(16)11-7-8-12(21-11)13(17)19-4/h7-8,10H,5-6,9H2,1-4H3. The van der Waals surface area contributed by atoms with E-state index in [-0.39, 0.29) is 18.1 Å². The monoisotopic (exact) mass is 311 g/mol. The number of likely N-dealkylation sites (tertiary alicyclic amines) is 1. The molecule has 2 heterocycles. The molecule has 2 rings (SSSR count). The number of carbonyl (C=O) groups is 2. The molecule has 0 radical (unpaired) electrons. The molecule has 1 aromatic rings. The lowest BCUT2D eigenvalue weighted by molar-refractivity contribution is 0.0227. The number of methoxy groups -OCH3 is 1. The highest BCUT2D eigenvalue weighted by atomic mass is 32.1. The second kappa shape index (κ2) is 6.05. The zero-order valence-corrected chi connectivity index (χ0v) is 13.7. The van der Waals surface area contributed by atoms with Crippen LogP contribution < -0.4 is 0 Å². The normalized spacial score (nSPS) is 18.7. The Morgan fingerprint density at radius 1 is 1.33 bits per heavy atom. The minimum Gasteiger partial charge on any atom is -0.465 e. The van der Waals surface area contributed by atoms with Crippen LogP contribution in [0.5, 0.6) is 0 Å². The van der Waals surface area contributed by atoms with Crippen molar-refractivity contribution in [2.24, 2.45) is 0 Å². The summed E-state index contributed by atoms with van der Waals surface area (Å²) in [4.78, 5) is 27.1. The maximum Gasteiger partial charge on any atom is 0.410 e. The van der Waals surface area contributed by atoms with E-state index in [1.54, 1.807) is 11.0 Å². The Balaban J connectivity index is 2.13. The molecule has 0 saturated carbocycles. The number of hydrogen-bond donors (Lipinski definition) is 0. The van der Waals surface area contributed by atoms with Gasteiger partial charge in [-0.3, -0.25) is 0 Å². The molecular formula is C15H21NO4S. The lowest BCUT2D eigenvalue weighted by Crippen LogP contribution is -2.36. The topological polar surface area (TPSA) is 55.8 Å². The van der Waals surface area contributed by atoms with E-state index in [2.05, 4.69) is 0 Å². The van der Waals surface area contributed by atoms with E-state index in [1.165, 1.54) is 18.4 Å². The van der Waals surface area contributed by atoms with Gasteiger partial charge in [-0.05, 0) is 45.7 Å². The highest BCUT2D eigenvalue weighted by Crippen LogP contribution is 2.36. The lowest BCUT2D eigenvalue weighted by Gasteiger charge is -2.28. The van der Waals surface area contributed by atoms with E-state index in [0.29, 0.717) is 11.4 Å². The van der Waals surface area contributed by atoms with Crippen LogP contribution in [0.25, 0.3) is 0 Å². The van der Waals surface area contributed by atoms with Crippen molar-refractivity contribution in [1.82, 2.24) is 4.90 Å². The molecule has 1 atom stereocenters. The summed E-state index contributed by atoms with van der Waals surface area (Å²) in [6.45, 7) is 6.26. The average Bonchev–Trinajstić information content (AvgIpc) is 3.03. The Morgan fingerprint density at radius 2 is 2.05 bits per heavy atom. The summed E-state index contributed by atoms with van der Waals surface area (Å²) < 4.78 is 10.2. The van der Waals surface area contributed by atoms with E-state index >= 15 is 0 Å². The van der Waals surface area contributed by atoms with Crippen LogP contribution in [0, 0.1) is 0 Å². The predicted octanol–water partition coefficient (Wildman–Crippen LogP) is 3.61. The quantitative estimate of drug-likeness (QED) is 0.783. The fourth-order valence-electron chi connectivity index (χ4n) is 2.34. The van der Waals surface area contributed by atoms with Gasteiger partial charge >= 0.3 is 12.1 Å². The largest absolute Gasteiger partial charge is 0.465 e. The molecule has 1 amide bonds. The summed E-state index contributed by atoms with van der Waals surface area (Å²) >= 11 is 1.38. The maximum atomic E-state index is 12.3. The van der Waals surface area contributed by atoms with E-state index in [0.717, 1.165) is 17.7 Å². The van der Waals surface area contributed by atoms with Crippen LogP contribution >= 0.6 is 11.3 Å². The molecule has 6 heteroatoms. The van der Waals surface area contributed by atoms with Crippen LogP contribution in [-0.4, -0.2) is 36.2 Å². The van der Waals surface area contributed by atoms with Crippen LogP contribution in [0.3, 0.4) is 0 Å². The summed E-state index contributed by atoms with van der Waals surface area (Å²) in [5.41, 5.74) is -0.503. The number of thiophene rings is 1. The van der Waals surface area contributed by atoms with Crippen LogP contribution in [0.1, 0.15) is 54.2 Å². The van der Waals surface area contributed by atoms with E-state index in [1.807, 2.05) is 26.8 Å². The van der Waals surface area contributed by atoms with Gasteiger partial charge < -0.3 is 14.4 Å². The van der Waals surface area contributed by atoms with Crippen molar-refractivity contribution in [3.63, 3.8) is 0 Å². The van der Waals surface area contributed by atoms with Crippen molar-refractivity contribution >= 4 is 23.4 Å². The molecule has 5 nitrogen and oxygen atoms in total. The second-order valence-electron chi connectivity index (χ2n) is 6.03. The molecular weight excluding hydrogens is 290 g/mol. The van der Waals surface area contributed by atoms with Crippen molar-refractivity contribution in [3.8, 4) is 0 Å². The number of esters is 1. The van der Waals surface area contributed by atoms with Crippen LogP contribution in [0.4, 0.5) is 4.79 Å². The number of rotatable bonds is 2. The Labute approximate surface area is 128 Å². The third-order valence-electron chi connectivity index (χ3n) is 3.22. The molecule has 116 valence electrons. The minimum absolute atomic E-state index is 0.0109. The smallest absolute Gasteiger partial charge is 0.410 e. The van der Waals surface area contributed by atoms with Crippen LogP contribution in [0.15, 0.2) is 12.1 Å². The van der Waals surface area contributed by atoms with Gasteiger partial charge in [-0.2, -0.15) is 0 Å². The van der Waals surface area contributed by atoms with Gasteiger partial charge in [0.25, 0.3) is 0 Å². The summed E-state index contributed by atoms with van der Waals surface area (Å²) in [5, 5.41) is 0. The number of carbonyl (C=O) groups excluding carboxylic acids is 2. The fourth-order valence-corrected chi connectivity index (χ4v) is 3.42. The third kappa shape index (κ3) is 3.75. The molecule has 0 bridgehead atoms. The van der Waals surface area contributed by atoms with Gasteiger partial charge in [0, 0.05) is 11.4 Å². The SMILES string of the molecule is COC(=O)c1ccc(C2CCCN2C(=O)OC(C)(C)C)s1. The molecule has 1 fully saturated rings. The van der Waals surface area contributed by atoms with Crippen molar-refractivity contribution in [2.45, 2.75) is 45.3 Å². The Kier molecular flexibility index (Phi) is 4.56. The number of nitrogens with zero attached hydrogens (tertiary/aromatic N) is 1. The van der Waals surface area contributed by atoms with E-state index < -0.39 is 5.60 Å². The van der Waals surface area contributed by atoms with Gasteiger partial charge in [-0.15, -0.1) is 11.3 Å². The Bertz CT molecular complexity index is 532. The molecule has 1 unspecified atom stereocenters. The zero-order chi connectivity index (χ0) is 15.6. The number of amides is 1. The maximum absolute atomic E-state index is 12.3. The Hall–Kier alpha value is -1.56. The minimum atomic E-state index is -0.503. The fraction of sp³-hybridized carbons (Fsp3) is 0.600. The molecule has 21 heavy (non-hydrogen) atoms. The van der Waals surface area contributed by atoms with Crippen molar-refractivity contribution in [2.75, 3.05) is 13.7 Å². The first kappa shape index (κ1) is 15.8. The molecule has 0 aliphatic carbocycles. The Morgan fingerprint density at radius 3 is 2.67 bits per heavy atom. The summed E-state index contributed by atoms with van der Waals surface area (Å²) in [6.07, 6.45) is 1.54. The average molecular weight is 311 g/mol. The highest BCUT2D eigenvalue weighted by molar-refractivity contribution is 7.14. The summed E-state index contributed by atoms with van der Waals surface area (Å²) in [7, 11) is 1.37. The molecule has 1 aliphatic rings. The number of hydrogen-bond acceptors (Lipinski definition) is 5. The first-order chi connectivity index (χ1) is 9.81. The summed E-state index contributed by atoms with van der Waals surface area (Å²) in [6, 6.07) is 3.63. The second-order valence-corrected chi connectivity index (χ2v) is 7.14. The van der Waals surface area contributed by atoms with Crippen LogP contribution in [0.2, 0.25) is 0 Å². The molecule has 0 spiro atoms. The van der Waals surface area contributed by atoms with Crippen molar-refractivity contribution < 1.29 is 19.1 Å². The van der Waals surface area contributed by atoms with Crippen molar-refractivity contribution in [3.05, 3.63) is 21.9 Å². The van der Waals surface area contributed by atoms with Crippen molar-refractivity contribution in [1.29, 1.82) is 0 Å². The van der Waals surface area contributed by atoms with E-state index in [4.69, 9.17) is 9.47 Å². The third-order valence-corrected chi connectivity index (χ3v) is 4.39. The van der Waals surface area contributed by atoms with E-state index in [9.17, 15) is 9.59 Å². The highest BCUT2D eigenvalue weighted by Gasteiger charge is 2.34. The van der Waals surface area contributed by atoms with Gasteiger partial charge in [0.2, 0.25) is 0 Å². The first-order valence-electron chi connectivity index (χ1n) is 6.99. The summed E-state index contributed by atoms with van der Waals surface area (Å²) in [5.74, 6) is -0.340. The van der Waals surface area contributed by atoms with Gasteiger partial charge in [0.1, 0.15) is 10.5 Å². The first-order valence-corrected chi connectivity index (χ1v) is 7.81. The molecule has 1 saturated heterocycles. The van der Waals surface area contributed by atoms with Gasteiger partial charge in [0.05, 0.1) is 13.2 Å². The molecule has 1 aromatic heterocycles. The van der Waals surface area contributed by atoms with Gasteiger partial charge in [-0.1, -0.05) is 0 Å². The van der Waals surface area contributed by atoms with Crippen LogP contribution in [-0.2, 0) is 9.47 Å². The zero-order valence-electron chi connectivity index (χ0n) is 12.8. The predicted molar refractivity (Wildman–Crippen MR) is 80.6 cm³/mol. The lowest BCUT2D eigenvalue weighted by atomic mass is 10.2. The number of ether oxygens (including phenoxy) is 2. The molecule has 0 aromatic carbocycles. The van der Waals surface area contributed by atoms with Gasteiger partial charge in [0.15, 0.2) is 0 Å². The molecule has 0 N–H and O–H groups in total. The molecule has 1 aliphatic heterocycles. The van der Waals surface area contributed by atoms with Gasteiger partial charge in [-0.25, -0.2) is 9.59 Å².